The van der Waals surface area contributed by atoms with Crippen LogP contribution < -0.4 is 0 Å². The first-order valence-corrected chi connectivity index (χ1v) is 8.87. The van der Waals surface area contributed by atoms with Gasteiger partial charge in [0, 0.05) is 10.6 Å². The van der Waals surface area contributed by atoms with E-state index < -0.39 is 9.84 Å². The lowest BCUT2D eigenvalue weighted by Crippen LogP contribution is -2.15. The van der Waals surface area contributed by atoms with E-state index in [2.05, 4.69) is 24.5 Å². The molecule has 3 nitrogen and oxygen atoms in total. The largest absolute Gasteiger partial charge is 0.245 e. The van der Waals surface area contributed by atoms with Crippen LogP contribution in [0.5, 0.6) is 0 Å². The number of hydrogen-bond acceptors (Lipinski definition) is 5. The smallest absolute Gasteiger partial charge is 0.159 e. The fourth-order valence-electron chi connectivity index (χ4n) is 1.39. The maximum atomic E-state index is 11.8. The summed E-state index contributed by atoms with van der Waals surface area (Å²) in [5, 5.41) is 0.353. The number of thiol groups is 1. The molecule has 0 aliphatic carbocycles. The van der Waals surface area contributed by atoms with Crippen LogP contribution in [0.15, 0.2) is 0 Å². The molecular formula is C11H19NO2S3. The third-order valence-corrected chi connectivity index (χ3v) is 6.42. The van der Waals surface area contributed by atoms with Crippen molar-refractivity contribution in [3.8, 4) is 0 Å². The first-order valence-electron chi connectivity index (χ1n) is 5.70. The molecule has 1 aromatic heterocycles. The Morgan fingerprint density at radius 3 is 2.53 bits per heavy atom. The van der Waals surface area contributed by atoms with Gasteiger partial charge in [-0.05, 0) is 20.3 Å². The van der Waals surface area contributed by atoms with Gasteiger partial charge in [0.25, 0.3) is 0 Å². The summed E-state index contributed by atoms with van der Waals surface area (Å²) in [6.45, 7) is 5.50. The zero-order valence-corrected chi connectivity index (χ0v) is 13.0. The zero-order chi connectivity index (χ0) is 13.1. The van der Waals surface area contributed by atoms with E-state index in [0.29, 0.717) is 10.8 Å². The summed E-state index contributed by atoms with van der Waals surface area (Å²) in [4.78, 5) is 5.53. The fourth-order valence-corrected chi connectivity index (χ4v) is 4.01. The highest BCUT2D eigenvalue weighted by atomic mass is 32.2. The summed E-state index contributed by atoms with van der Waals surface area (Å²) < 4.78 is 23.6. The van der Waals surface area contributed by atoms with Crippen LogP contribution in [0.3, 0.4) is 0 Å². The number of nitrogens with zero attached hydrogens (tertiary/aromatic N) is 1. The molecule has 1 rings (SSSR count). The second kappa shape index (κ2) is 6.20. The molecule has 98 valence electrons. The quantitative estimate of drug-likeness (QED) is 0.820. The predicted molar refractivity (Wildman–Crippen MR) is 76.6 cm³/mol. The zero-order valence-electron chi connectivity index (χ0n) is 10.4. The summed E-state index contributed by atoms with van der Waals surface area (Å²) in [7, 11) is -3.05. The monoisotopic (exact) mass is 293 g/mol. The molecule has 0 saturated heterocycles. The first-order chi connectivity index (χ1) is 7.90. The van der Waals surface area contributed by atoms with Gasteiger partial charge in [0.15, 0.2) is 9.84 Å². The molecule has 0 spiro atoms. The van der Waals surface area contributed by atoms with Crippen molar-refractivity contribution >= 4 is 33.8 Å². The molecule has 0 aliphatic rings. The van der Waals surface area contributed by atoms with Gasteiger partial charge >= 0.3 is 0 Å². The molecule has 6 heteroatoms. The van der Waals surface area contributed by atoms with Gasteiger partial charge in [-0.2, -0.15) is 12.6 Å². The lowest BCUT2D eigenvalue weighted by atomic mass is 10.2. The maximum absolute atomic E-state index is 11.8. The van der Waals surface area contributed by atoms with E-state index in [1.54, 1.807) is 13.8 Å². The molecule has 1 heterocycles. The van der Waals surface area contributed by atoms with E-state index >= 15 is 0 Å². The second-order valence-electron chi connectivity index (χ2n) is 4.24. The van der Waals surface area contributed by atoms with Crippen molar-refractivity contribution in [1.82, 2.24) is 4.98 Å². The Balaban J connectivity index is 2.93. The first kappa shape index (κ1) is 15.0. The molecule has 0 unspecified atom stereocenters. The number of sulfone groups is 1. The van der Waals surface area contributed by atoms with E-state index in [0.717, 1.165) is 23.4 Å². The van der Waals surface area contributed by atoms with Crippen LogP contribution >= 0.6 is 24.0 Å². The Morgan fingerprint density at radius 1 is 1.41 bits per heavy atom. The minimum absolute atomic E-state index is 0.0554. The van der Waals surface area contributed by atoms with Gasteiger partial charge in [0.2, 0.25) is 0 Å². The summed E-state index contributed by atoms with van der Waals surface area (Å²) in [6.07, 6.45) is 1.91. The normalized spacial score (nSPS) is 12.3. The molecule has 17 heavy (non-hydrogen) atoms. The van der Waals surface area contributed by atoms with Crippen LogP contribution in [0.25, 0.3) is 0 Å². The van der Waals surface area contributed by atoms with Crippen molar-refractivity contribution in [1.29, 1.82) is 0 Å². The molecule has 0 saturated carbocycles. The number of thiazole rings is 1. The molecule has 0 amide bonds. The average molecular weight is 293 g/mol. The van der Waals surface area contributed by atoms with Crippen molar-refractivity contribution in [3.05, 3.63) is 15.6 Å². The van der Waals surface area contributed by atoms with E-state index in [1.807, 2.05) is 0 Å². The topological polar surface area (TPSA) is 47.0 Å². The second-order valence-corrected chi connectivity index (χ2v) is 8.28. The summed E-state index contributed by atoms with van der Waals surface area (Å²) in [5.41, 5.74) is 1.02. The molecular weight excluding hydrogens is 274 g/mol. The summed E-state index contributed by atoms with van der Waals surface area (Å²) in [5.74, 6) is 0.689. The highest BCUT2D eigenvalue weighted by Crippen LogP contribution is 2.24. The van der Waals surface area contributed by atoms with Crippen LogP contribution in [0, 0.1) is 0 Å². The van der Waals surface area contributed by atoms with Gasteiger partial charge in [-0.15, -0.1) is 11.3 Å². The number of hydrogen-bond donors (Lipinski definition) is 1. The Kier molecular flexibility index (Phi) is 5.47. The average Bonchev–Trinajstić information content (AvgIpc) is 2.60. The lowest BCUT2D eigenvalue weighted by Gasteiger charge is -2.04. The van der Waals surface area contributed by atoms with Gasteiger partial charge in [-0.1, -0.05) is 13.3 Å². The Bertz CT molecular complexity index is 463. The number of aromatic nitrogens is 1. The van der Waals surface area contributed by atoms with Crippen LogP contribution in [0.2, 0.25) is 0 Å². The molecule has 0 aromatic carbocycles. The van der Waals surface area contributed by atoms with E-state index in [1.165, 1.54) is 11.3 Å². The molecule has 0 N–H and O–H groups in total. The minimum atomic E-state index is -3.05. The highest BCUT2D eigenvalue weighted by Gasteiger charge is 2.20. The highest BCUT2D eigenvalue weighted by molar-refractivity contribution is 7.91. The van der Waals surface area contributed by atoms with Gasteiger partial charge in [0.1, 0.15) is 10.8 Å². The fraction of sp³-hybridized carbons (Fsp3) is 0.727. The van der Waals surface area contributed by atoms with Gasteiger partial charge < -0.3 is 0 Å². The SMILES string of the molecule is CCCc1nc(CS(=O)(=O)C(C)C)sc1CS. The molecule has 1 aromatic rings. The Hall–Kier alpha value is -0.0700. The van der Waals surface area contributed by atoms with Crippen LogP contribution in [-0.4, -0.2) is 18.7 Å². The van der Waals surface area contributed by atoms with Crippen molar-refractivity contribution in [2.45, 2.75) is 50.4 Å². The van der Waals surface area contributed by atoms with Crippen LogP contribution in [-0.2, 0) is 27.8 Å². The van der Waals surface area contributed by atoms with Gasteiger partial charge in [0.05, 0.1) is 10.9 Å². The van der Waals surface area contributed by atoms with E-state index in [9.17, 15) is 8.42 Å². The number of aryl methyl sites for hydroxylation is 1. The van der Waals surface area contributed by atoms with Gasteiger partial charge in [-0.3, -0.25) is 0 Å². The summed E-state index contributed by atoms with van der Waals surface area (Å²) >= 11 is 5.74. The number of rotatable bonds is 6. The Labute approximate surface area is 113 Å². The van der Waals surface area contributed by atoms with Crippen molar-refractivity contribution < 1.29 is 8.42 Å². The molecule has 0 bridgehead atoms. The maximum Gasteiger partial charge on any atom is 0.159 e. The minimum Gasteiger partial charge on any atom is -0.245 e. The van der Waals surface area contributed by atoms with Crippen molar-refractivity contribution in [2.24, 2.45) is 0 Å². The van der Waals surface area contributed by atoms with E-state index in [4.69, 9.17) is 0 Å². The molecule has 0 fully saturated rings. The van der Waals surface area contributed by atoms with Gasteiger partial charge in [-0.25, -0.2) is 13.4 Å². The molecule has 0 aliphatic heterocycles. The standard InChI is InChI=1S/C11H19NO2S3/c1-4-5-9-10(6-15)16-11(12-9)7-17(13,14)8(2)3/h8,15H,4-7H2,1-3H3. The Morgan fingerprint density at radius 2 is 2.06 bits per heavy atom. The predicted octanol–water partition coefficient (Wildman–Crippen LogP) is 2.85. The molecule has 0 radical (unpaired) electrons. The lowest BCUT2D eigenvalue weighted by molar-refractivity contribution is 0.586. The third-order valence-electron chi connectivity index (χ3n) is 2.50. The van der Waals surface area contributed by atoms with Crippen LogP contribution in [0.1, 0.15) is 42.8 Å². The van der Waals surface area contributed by atoms with Crippen molar-refractivity contribution in [3.63, 3.8) is 0 Å². The van der Waals surface area contributed by atoms with Crippen molar-refractivity contribution in [2.75, 3.05) is 0 Å². The summed E-state index contributed by atoms with van der Waals surface area (Å²) in [6, 6.07) is 0. The van der Waals surface area contributed by atoms with Crippen LogP contribution in [0.4, 0.5) is 0 Å². The molecule has 0 atom stereocenters. The van der Waals surface area contributed by atoms with E-state index in [-0.39, 0.29) is 11.0 Å². The third kappa shape index (κ3) is 3.96.